The molecule has 0 unspecified atom stereocenters. The average molecular weight is 314 g/mol. The van der Waals surface area contributed by atoms with Gasteiger partial charge in [-0.15, -0.1) is 0 Å². The van der Waals surface area contributed by atoms with Crippen LogP contribution in [0.4, 0.5) is 0 Å². The maximum absolute atomic E-state index is 11.8. The molecule has 0 aliphatic heterocycles. The number of amides is 1. The third-order valence-electron chi connectivity index (χ3n) is 2.93. The molecule has 3 aromatic rings. The van der Waals surface area contributed by atoms with Gasteiger partial charge in [0, 0.05) is 0 Å². The molecule has 0 bridgehead atoms. The highest BCUT2D eigenvalue weighted by Gasteiger charge is 2.07. The first-order chi connectivity index (χ1) is 10.7. The van der Waals surface area contributed by atoms with Gasteiger partial charge in [-0.2, -0.15) is 5.10 Å². The number of nitrogens with one attached hydrogen (secondary N) is 2. The van der Waals surface area contributed by atoms with Gasteiger partial charge in [-0.1, -0.05) is 23.9 Å². The van der Waals surface area contributed by atoms with Gasteiger partial charge in [-0.05, 0) is 31.2 Å². The summed E-state index contributed by atoms with van der Waals surface area (Å²) in [6.45, 7) is 1.77. The maximum Gasteiger partial charge on any atom is 0.250 e. The second kappa shape index (κ2) is 6.48. The number of hydrazone groups is 1. The zero-order chi connectivity index (χ0) is 15.4. The van der Waals surface area contributed by atoms with E-state index in [0.29, 0.717) is 16.6 Å². The second-order valence-electron chi connectivity index (χ2n) is 4.56. The van der Waals surface area contributed by atoms with Crippen LogP contribution in [0, 0.1) is 0 Å². The molecule has 22 heavy (non-hydrogen) atoms. The minimum atomic E-state index is -0.198. The molecule has 2 aromatic heterocycles. The molecule has 7 heteroatoms. The van der Waals surface area contributed by atoms with Crippen molar-refractivity contribution in [2.75, 3.05) is 5.75 Å². The van der Waals surface area contributed by atoms with Gasteiger partial charge < -0.3 is 9.40 Å². The lowest BCUT2D eigenvalue weighted by atomic mass is 10.3. The van der Waals surface area contributed by atoms with E-state index in [2.05, 4.69) is 20.5 Å². The van der Waals surface area contributed by atoms with Crippen molar-refractivity contribution >= 4 is 34.4 Å². The van der Waals surface area contributed by atoms with E-state index in [-0.39, 0.29) is 11.7 Å². The van der Waals surface area contributed by atoms with Crippen LogP contribution < -0.4 is 5.43 Å². The molecule has 2 N–H and O–H groups in total. The van der Waals surface area contributed by atoms with Crippen LogP contribution in [0.25, 0.3) is 11.0 Å². The number of aromatic nitrogens is 2. The number of hydrogen-bond acceptors (Lipinski definition) is 5. The molecule has 3 rings (SSSR count). The van der Waals surface area contributed by atoms with Crippen molar-refractivity contribution < 1.29 is 9.21 Å². The highest BCUT2D eigenvalue weighted by molar-refractivity contribution is 7.99. The van der Waals surface area contributed by atoms with E-state index in [1.165, 1.54) is 11.8 Å². The number of nitrogens with zero attached hydrogens (tertiary/aromatic N) is 2. The van der Waals surface area contributed by atoms with E-state index in [1.807, 2.05) is 24.3 Å². The van der Waals surface area contributed by atoms with E-state index in [0.717, 1.165) is 11.0 Å². The van der Waals surface area contributed by atoms with Crippen LogP contribution in [-0.2, 0) is 4.79 Å². The summed E-state index contributed by atoms with van der Waals surface area (Å²) in [6, 6.07) is 11.3. The van der Waals surface area contributed by atoms with Crippen molar-refractivity contribution in [1.29, 1.82) is 0 Å². The number of aromatic amines is 1. The summed E-state index contributed by atoms with van der Waals surface area (Å²) in [5.41, 5.74) is 4.96. The van der Waals surface area contributed by atoms with Gasteiger partial charge in [0.05, 0.1) is 23.0 Å². The number of H-pyrrole nitrogens is 1. The number of para-hydroxylation sites is 2. The van der Waals surface area contributed by atoms with Crippen LogP contribution in [0.1, 0.15) is 12.7 Å². The molecule has 1 aromatic carbocycles. The number of hydrogen-bond donors (Lipinski definition) is 2. The van der Waals surface area contributed by atoms with Crippen LogP contribution >= 0.6 is 11.8 Å². The Labute approximate surface area is 131 Å². The predicted octanol–water partition coefficient (Wildman–Crippen LogP) is 2.79. The third-order valence-corrected chi connectivity index (χ3v) is 3.81. The number of imidazole rings is 1. The van der Waals surface area contributed by atoms with Crippen LogP contribution in [0.5, 0.6) is 0 Å². The van der Waals surface area contributed by atoms with Crippen molar-refractivity contribution in [2.24, 2.45) is 5.10 Å². The summed E-state index contributed by atoms with van der Waals surface area (Å²) in [5.74, 6) is 0.663. The molecule has 0 saturated carbocycles. The molecule has 0 atom stereocenters. The molecule has 0 aliphatic carbocycles. The number of carbonyl (C=O) groups is 1. The molecule has 0 fully saturated rings. The SMILES string of the molecule is C/C(=N/NC(=O)CSc1nc2ccccc2[nH]1)c1ccco1. The minimum Gasteiger partial charge on any atom is -0.463 e. The number of rotatable bonds is 5. The smallest absolute Gasteiger partial charge is 0.250 e. The summed E-state index contributed by atoms with van der Waals surface area (Å²) < 4.78 is 5.19. The number of benzene rings is 1. The topological polar surface area (TPSA) is 83.3 Å². The molecule has 2 heterocycles. The Bertz CT molecular complexity index is 775. The summed E-state index contributed by atoms with van der Waals surface area (Å²) in [7, 11) is 0. The van der Waals surface area contributed by atoms with Gasteiger partial charge in [-0.25, -0.2) is 10.4 Å². The Morgan fingerprint density at radius 2 is 2.23 bits per heavy atom. The number of furan rings is 1. The van der Waals surface area contributed by atoms with Gasteiger partial charge in [-0.3, -0.25) is 4.79 Å². The molecule has 112 valence electrons. The zero-order valence-corrected chi connectivity index (χ0v) is 12.7. The monoisotopic (exact) mass is 314 g/mol. The molecule has 1 amide bonds. The van der Waals surface area contributed by atoms with Crippen molar-refractivity contribution in [3.8, 4) is 0 Å². The average Bonchev–Trinajstić information content (AvgIpc) is 3.19. The first-order valence-electron chi connectivity index (χ1n) is 6.67. The second-order valence-corrected chi connectivity index (χ2v) is 5.52. The Morgan fingerprint density at radius 3 is 3.00 bits per heavy atom. The van der Waals surface area contributed by atoms with Crippen molar-refractivity contribution in [2.45, 2.75) is 12.1 Å². The summed E-state index contributed by atoms with van der Waals surface area (Å²) >= 11 is 1.33. The number of fused-ring (bicyclic) bond motifs is 1. The predicted molar refractivity (Wildman–Crippen MR) is 85.9 cm³/mol. The molecule has 0 saturated heterocycles. The standard InChI is InChI=1S/C15H14N4O2S/c1-10(13-7-4-8-21-13)18-19-14(20)9-22-15-16-11-5-2-3-6-12(11)17-15/h2-8H,9H2,1H3,(H,16,17)(H,19,20)/b18-10-. The number of thioether (sulfide) groups is 1. The van der Waals surface area contributed by atoms with E-state index in [4.69, 9.17) is 4.42 Å². The van der Waals surface area contributed by atoms with Crippen molar-refractivity contribution in [3.05, 3.63) is 48.4 Å². The third kappa shape index (κ3) is 3.37. The van der Waals surface area contributed by atoms with Crippen LogP contribution in [0.3, 0.4) is 0 Å². The highest BCUT2D eigenvalue weighted by Crippen LogP contribution is 2.18. The van der Waals surface area contributed by atoms with Crippen molar-refractivity contribution in [3.63, 3.8) is 0 Å². The lowest BCUT2D eigenvalue weighted by Crippen LogP contribution is -2.21. The largest absolute Gasteiger partial charge is 0.463 e. The fraction of sp³-hybridized carbons (Fsp3) is 0.133. The fourth-order valence-electron chi connectivity index (χ4n) is 1.85. The molecule has 0 aliphatic rings. The van der Waals surface area contributed by atoms with E-state index in [1.54, 1.807) is 25.3 Å². The van der Waals surface area contributed by atoms with Crippen LogP contribution in [0.15, 0.2) is 57.3 Å². The summed E-state index contributed by atoms with van der Waals surface area (Å²) in [5, 5.41) is 4.71. The molecular formula is C15H14N4O2S. The summed E-state index contributed by atoms with van der Waals surface area (Å²) in [4.78, 5) is 19.4. The maximum atomic E-state index is 11.8. The molecular weight excluding hydrogens is 300 g/mol. The first-order valence-corrected chi connectivity index (χ1v) is 7.65. The van der Waals surface area contributed by atoms with E-state index < -0.39 is 0 Å². The normalized spacial score (nSPS) is 11.8. The Balaban J connectivity index is 1.55. The van der Waals surface area contributed by atoms with Gasteiger partial charge in [0.25, 0.3) is 5.91 Å². The molecule has 6 nitrogen and oxygen atoms in total. The van der Waals surface area contributed by atoms with E-state index in [9.17, 15) is 4.79 Å². The quantitative estimate of drug-likeness (QED) is 0.431. The minimum absolute atomic E-state index is 0.198. The van der Waals surface area contributed by atoms with Crippen LogP contribution in [-0.4, -0.2) is 27.3 Å². The zero-order valence-electron chi connectivity index (χ0n) is 11.9. The van der Waals surface area contributed by atoms with Gasteiger partial charge in [0.1, 0.15) is 11.5 Å². The summed E-state index contributed by atoms with van der Waals surface area (Å²) in [6.07, 6.45) is 1.56. The van der Waals surface area contributed by atoms with Gasteiger partial charge in [0.15, 0.2) is 5.16 Å². The highest BCUT2D eigenvalue weighted by atomic mass is 32.2. The van der Waals surface area contributed by atoms with Crippen molar-refractivity contribution in [1.82, 2.24) is 15.4 Å². The van der Waals surface area contributed by atoms with E-state index >= 15 is 0 Å². The van der Waals surface area contributed by atoms with Gasteiger partial charge >= 0.3 is 0 Å². The first kappa shape index (κ1) is 14.4. The van der Waals surface area contributed by atoms with Crippen LogP contribution in [0.2, 0.25) is 0 Å². The lowest BCUT2D eigenvalue weighted by molar-refractivity contribution is -0.118. The Hall–Kier alpha value is -2.54. The Morgan fingerprint density at radius 1 is 1.36 bits per heavy atom. The fourth-order valence-corrected chi connectivity index (χ4v) is 2.53. The Kier molecular flexibility index (Phi) is 4.24. The molecule has 0 radical (unpaired) electrons. The van der Waals surface area contributed by atoms with Gasteiger partial charge in [0.2, 0.25) is 0 Å². The molecule has 0 spiro atoms. The lowest BCUT2D eigenvalue weighted by Gasteiger charge is -1.99. The number of carbonyl (C=O) groups excluding carboxylic acids is 1.